The highest BCUT2D eigenvalue weighted by molar-refractivity contribution is 7.89. The van der Waals surface area contributed by atoms with Gasteiger partial charge in [-0.1, -0.05) is 0 Å². The lowest BCUT2D eigenvalue weighted by Gasteiger charge is -2.12. The first-order chi connectivity index (χ1) is 8.37. The minimum atomic E-state index is -3.40. The van der Waals surface area contributed by atoms with E-state index >= 15 is 0 Å². The van der Waals surface area contributed by atoms with Gasteiger partial charge in [0.1, 0.15) is 0 Å². The molecular weight excluding hydrogens is 254 g/mol. The minimum Gasteiger partial charge on any atom is -0.376 e. The Kier molecular flexibility index (Phi) is 4.69. The van der Waals surface area contributed by atoms with E-state index in [1.165, 1.54) is 26.2 Å². The predicted octanol–water partition coefficient (Wildman–Crippen LogP) is 0.0948. The molecule has 1 aromatic rings. The molecular formula is C11H17N3O3S. The molecule has 2 N–H and O–H groups in total. The van der Waals surface area contributed by atoms with Crippen LogP contribution >= 0.6 is 0 Å². The van der Waals surface area contributed by atoms with Crippen LogP contribution < -0.4 is 10.6 Å². The molecule has 0 unspecified atom stereocenters. The van der Waals surface area contributed by atoms with Gasteiger partial charge in [-0.05, 0) is 24.3 Å². The number of benzene rings is 1. The highest BCUT2D eigenvalue weighted by Gasteiger charge is 2.16. The van der Waals surface area contributed by atoms with Gasteiger partial charge in [0.15, 0.2) is 0 Å². The second-order valence-electron chi connectivity index (χ2n) is 3.84. The summed E-state index contributed by atoms with van der Waals surface area (Å²) in [5.74, 6) is -0.139. The minimum absolute atomic E-state index is 0.139. The molecule has 0 heterocycles. The number of anilines is 1. The van der Waals surface area contributed by atoms with Gasteiger partial charge in [-0.15, -0.1) is 0 Å². The third kappa shape index (κ3) is 3.44. The summed E-state index contributed by atoms with van der Waals surface area (Å²) in [4.78, 5) is 11.2. The lowest BCUT2D eigenvalue weighted by atomic mass is 10.3. The summed E-state index contributed by atoms with van der Waals surface area (Å²) in [6.45, 7) is 0.149. The van der Waals surface area contributed by atoms with Crippen molar-refractivity contribution in [2.45, 2.75) is 4.90 Å². The Morgan fingerprint density at radius 1 is 1.22 bits per heavy atom. The highest BCUT2D eigenvalue weighted by atomic mass is 32.2. The first-order valence-electron chi connectivity index (χ1n) is 5.35. The Labute approximate surface area is 107 Å². The molecule has 0 aliphatic heterocycles. The molecule has 0 saturated carbocycles. The van der Waals surface area contributed by atoms with Gasteiger partial charge in [-0.3, -0.25) is 4.79 Å². The molecule has 6 nitrogen and oxygen atoms in total. The van der Waals surface area contributed by atoms with Crippen LogP contribution in [0.15, 0.2) is 29.2 Å². The molecule has 1 amide bonds. The van der Waals surface area contributed by atoms with E-state index in [0.29, 0.717) is 5.69 Å². The number of hydrogen-bond donors (Lipinski definition) is 2. The lowest BCUT2D eigenvalue weighted by molar-refractivity contribution is -0.118. The zero-order valence-electron chi connectivity index (χ0n) is 10.6. The van der Waals surface area contributed by atoms with Crippen molar-refractivity contribution in [2.24, 2.45) is 0 Å². The maximum Gasteiger partial charge on any atom is 0.242 e. The number of nitrogens with one attached hydrogen (secondary N) is 2. The number of likely N-dealkylation sites (N-methyl/N-ethyl adjacent to an activating group) is 1. The van der Waals surface area contributed by atoms with Crippen LogP contribution in [0.1, 0.15) is 0 Å². The zero-order chi connectivity index (χ0) is 13.8. The molecule has 0 aromatic heterocycles. The summed E-state index contributed by atoms with van der Waals surface area (Å²) in [5.41, 5.74) is 0.691. The van der Waals surface area contributed by atoms with Gasteiger partial charge >= 0.3 is 0 Å². The predicted molar refractivity (Wildman–Crippen MR) is 69.9 cm³/mol. The number of sulfonamides is 1. The molecule has 7 heteroatoms. The van der Waals surface area contributed by atoms with Crippen LogP contribution in [0.5, 0.6) is 0 Å². The van der Waals surface area contributed by atoms with E-state index in [1.807, 2.05) is 0 Å². The molecule has 0 spiro atoms. The van der Waals surface area contributed by atoms with Crippen molar-refractivity contribution in [2.75, 3.05) is 33.0 Å². The fourth-order valence-electron chi connectivity index (χ4n) is 1.23. The van der Waals surface area contributed by atoms with Crippen molar-refractivity contribution in [3.63, 3.8) is 0 Å². The molecule has 0 fully saturated rings. The summed E-state index contributed by atoms with van der Waals surface area (Å²) in [6.07, 6.45) is 0. The normalized spacial score (nSPS) is 11.3. The van der Waals surface area contributed by atoms with E-state index in [2.05, 4.69) is 10.6 Å². The first kappa shape index (κ1) is 14.5. The van der Waals surface area contributed by atoms with E-state index in [0.717, 1.165) is 4.31 Å². The quantitative estimate of drug-likeness (QED) is 0.796. The van der Waals surface area contributed by atoms with Crippen LogP contribution in [0.3, 0.4) is 0 Å². The third-order valence-electron chi connectivity index (χ3n) is 2.36. The number of carbonyl (C=O) groups excluding carboxylic acids is 1. The number of nitrogens with zero attached hydrogens (tertiary/aromatic N) is 1. The van der Waals surface area contributed by atoms with Crippen LogP contribution in [0.4, 0.5) is 5.69 Å². The van der Waals surface area contributed by atoms with Crippen molar-refractivity contribution < 1.29 is 13.2 Å². The molecule has 0 saturated heterocycles. The van der Waals surface area contributed by atoms with Gasteiger partial charge in [0.05, 0.1) is 11.4 Å². The Bertz CT molecular complexity index is 509. The van der Waals surface area contributed by atoms with Crippen molar-refractivity contribution in [3.8, 4) is 0 Å². The highest BCUT2D eigenvalue weighted by Crippen LogP contribution is 2.16. The molecule has 100 valence electrons. The molecule has 1 aromatic carbocycles. The molecule has 0 bridgehead atoms. The summed E-state index contributed by atoms with van der Waals surface area (Å²) in [7, 11) is 1.11. The Balaban J connectivity index is 2.78. The Morgan fingerprint density at radius 3 is 2.22 bits per heavy atom. The van der Waals surface area contributed by atoms with Crippen LogP contribution in [-0.2, 0) is 14.8 Å². The second-order valence-corrected chi connectivity index (χ2v) is 5.99. The maximum absolute atomic E-state index is 11.8. The van der Waals surface area contributed by atoms with E-state index in [4.69, 9.17) is 0 Å². The second kappa shape index (κ2) is 5.83. The smallest absolute Gasteiger partial charge is 0.242 e. The van der Waals surface area contributed by atoms with E-state index in [1.54, 1.807) is 19.2 Å². The summed E-state index contributed by atoms with van der Waals surface area (Å²) in [5, 5.41) is 5.36. The number of amides is 1. The summed E-state index contributed by atoms with van der Waals surface area (Å²) < 4.78 is 24.7. The maximum atomic E-state index is 11.8. The van der Waals surface area contributed by atoms with Crippen molar-refractivity contribution >= 4 is 21.6 Å². The van der Waals surface area contributed by atoms with Crippen LogP contribution in [0.2, 0.25) is 0 Å². The SMILES string of the molecule is CNC(=O)CNc1ccc(S(=O)(=O)N(C)C)cc1. The lowest BCUT2D eigenvalue weighted by Crippen LogP contribution is -2.26. The molecule has 0 aliphatic carbocycles. The fourth-order valence-corrected chi connectivity index (χ4v) is 2.13. The van der Waals surface area contributed by atoms with E-state index in [-0.39, 0.29) is 17.3 Å². The van der Waals surface area contributed by atoms with Crippen LogP contribution in [0, 0.1) is 0 Å². The monoisotopic (exact) mass is 271 g/mol. The molecule has 18 heavy (non-hydrogen) atoms. The standard InChI is InChI=1S/C11H17N3O3S/c1-12-11(15)8-13-9-4-6-10(7-5-9)18(16,17)14(2)3/h4-7,13H,8H2,1-3H3,(H,12,15). The number of hydrogen-bond acceptors (Lipinski definition) is 4. The number of rotatable bonds is 5. The van der Waals surface area contributed by atoms with E-state index in [9.17, 15) is 13.2 Å². The van der Waals surface area contributed by atoms with Gasteiger partial charge in [0, 0.05) is 26.8 Å². The molecule has 0 atom stereocenters. The largest absolute Gasteiger partial charge is 0.376 e. The number of carbonyl (C=O) groups is 1. The molecule has 0 aliphatic rings. The van der Waals surface area contributed by atoms with Crippen molar-refractivity contribution in [1.29, 1.82) is 0 Å². The van der Waals surface area contributed by atoms with Crippen LogP contribution in [-0.4, -0.2) is 46.3 Å². The average molecular weight is 271 g/mol. The summed E-state index contributed by atoms with van der Waals surface area (Å²) in [6, 6.07) is 6.25. The van der Waals surface area contributed by atoms with Crippen LogP contribution in [0.25, 0.3) is 0 Å². The van der Waals surface area contributed by atoms with E-state index < -0.39 is 10.0 Å². The first-order valence-corrected chi connectivity index (χ1v) is 6.79. The third-order valence-corrected chi connectivity index (χ3v) is 4.19. The van der Waals surface area contributed by atoms with Gasteiger partial charge in [0.2, 0.25) is 15.9 Å². The van der Waals surface area contributed by atoms with Gasteiger partial charge in [0.25, 0.3) is 0 Å². The van der Waals surface area contributed by atoms with Gasteiger partial charge < -0.3 is 10.6 Å². The molecule has 0 radical (unpaired) electrons. The van der Waals surface area contributed by atoms with Crippen molar-refractivity contribution in [3.05, 3.63) is 24.3 Å². The van der Waals surface area contributed by atoms with Crippen molar-refractivity contribution in [1.82, 2.24) is 9.62 Å². The van der Waals surface area contributed by atoms with Gasteiger partial charge in [-0.2, -0.15) is 0 Å². The molecule has 1 rings (SSSR count). The topological polar surface area (TPSA) is 78.5 Å². The fraction of sp³-hybridized carbons (Fsp3) is 0.364. The zero-order valence-corrected chi connectivity index (χ0v) is 11.4. The Morgan fingerprint density at radius 2 is 1.78 bits per heavy atom. The van der Waals surface area contributed by atoms with Gasteiger partial charge in [-0.25, -0.2) is 12.7 Å². The summed E-state index contributed by atoms with van der Waals surface area (Å²) >= 11 is 0. The Hall–Kier alpha value is -1.60. The average Bonchev–Trinajstić information content (AvgIpc) is 2.36.